The molecule has 4 rings (SSSR count). The van der Waals surface area contributed by atoms with Gasteiger partial charge in [-0.3, -0.25) is 9.69 Å². The summed E-state index contributed by atoms with van der Waals surface area (Å²) < 4.78 is 5.32. The van der Waals surface area contributed by atoms with Crippen molar-refractivity contribution in [2.24, 2.45) is 5.92 Å². The van der Waals surface area contributed by atoms with Crippen LogP contribution >= 0.6 is 0 Å². The number of phenolic OH excluding ortho intramolecular Hbond substituents is 1. The van der Waals surface area contributed by atoms with Crippen LogP contribution in [0.15, 0.2) is 48.5 Å². The lowest BCUT2D eigenvalue weighted by Gasteiger charge is -2.52. The topological polar surface area (TPSA) is 82.0 Å². The van der Waals surface area contributed by atoms with E-state index in [1.54, 1.807) is 6.07 Å². The summed E-state index contributed by atoms with van der Waals surface area (Å²) in [5.41, 5.74) is 1.03. The van der Waals surface area contributed by atoms with Crippen LogP contribution in [-0.2, 0) is 4.79 Å². The number of fused-ring (bicyclic) bond motifs is 1. The first-order chi connectivity index (χ1) is 14.5. The molecule has 0 spiro atoms. The Balaban J connectivity index is 1.62. The van der Waals surface area contributed by atoms with Crippen molar-refractivity contribution < 1.29 is 19.7 Å². The first-order valence-corrected chi connectivity index (χ1v) is 10.7. The van der Waals surface area contributed by atoms with E-state index in [4.69, 9.17) is 4.74 Å². The zero-order chi connectivity index (χ0) is 21.1. The highest BCUT2D eigenvalue weighted by Gasteiger charge is 2.49. The quantitative estimate of drug-likeness (QED) is 0.700. The van der Waals surface area contributed by atoms with Crippen LogP contribution in [0.2, 0.25) is 0 Å². The number of aliphatic hydroxyl groups is 1. The van der Waals surface area contributed by atoms with Gasteiger partial charge in [-0.05, 0) is 49.1 Å². The minimum atomic E-state index is -0.708. The average molecular weight is 411 g/mol. The van der Waals surface area contributed by atoms with Gasteiger partial charge in [-0.2, -0.15) is 0 Å². The van der Waals surface area contributed by atoms with E-state index in [-0.39, 0.29) is 30.2 Å². The van der Waals surface area contributed by atoms with Crippen LogP contribution in [0.3, 0.4) is 0 Å². The van der Waals surface area contributed by atoms with E-state index in [0.717, 1.165) is 36.9 Å². The highest BCUT2D eigenvalue weighted by Crippen LogP contribution is 2.50. The lowest BCUT2D eigenvalue weighted by molar-refractivity contribution is -0.135. The van der Waals surface area contributed by atoms with Gasteiger partial charge >= 0.3 is 0 Å². The van der Waals surface area contributed by atoms with Crippen molar-refractivity contribution in [3.8, 4) is 11.5 Å². The number of para-hydroxylation sites is 1. The number of phenols is 1. The maximum Gasteiger partial charge on any atom is 0.238 e. The number of rotatable bonds is 5. The molecular formula is C24H30N2O4. The van der Waals surface area contributed by atoms with Crippen molar-refractivity contribution in [2.45, 2.75) is 43.7 Å². The number of anilines is 1. The number of piperidine rings is 1. The van der Waals surface area contributed by atoms with Crippen LogP contribution in [-0.4, -0.2) is 46.8 Å². The Morgan fingerprint density at radius 2 is 2.00 bits per heavy atom. The maximum atomic E-state index is 12.8. The molecule has 2 fully saturated rings. The van der Waals surface area contributed by atoms with Crippen molar-refractivity contribution in [3.63, 3.8) is 0 Å². The zero-order valence-electron chi connectivity index (χ0n) is 17.4. The third-order valence-corrected chi connectivity index (χ3v) is 6.62. The third kappa shape index (κ3) is 4.16. The fourth-order valence-corrected chi connectivity index (χ4v) is 5.15. The molecule has 0 unspecified atom stereocenters. The number of amides is 1. The second kappa shape index (κ2) is 8.66. The highest BCUT2D eigenvalue weighted by atomic mass is 16.5. The smallest absolute Gasteiger partial charge is 0.238 e. The normalized spacial score (nSPS) is 26.6. The predicted molar refractivity (Wildman–Crippen MR) is 116 cm³/mol. The zero-order valence-corrected chi connectivity index (χ0v) is 17.4. The van der Waals surface area contributed by atoms with E-state index in [0.29, 0.717) is 18.7 Å². The van der Waals surface area contributed by atoms with Crippen molar-refractivity contribution >= 4 is 11.6 Å². The summed E-state index contributed by atoms with van der Waals surface area (Å²) in [5.74, 6) is 0.465. The molecule has 1 saturated heterocycles. The van der Waals surface area contributed by atoms with Gasteiger partial charge in [0.15, 0.2) is 11.5 Å². The number of methoxy groups -OCH3 is 1. The van der Waals surface area contributed by atoms with E-state index in [1.165, 1.54) is 7.11 Å². The highest BCUT2D eigenvalue weighted by molar-refractivity contribution is 5.92. The number of hydrogen-bond donors (Lipinski definition) is 3. The van der Waals surface area contributed by atoms with Crippen molar-refractivity contribution in [1.29, 1.82) is 0 Å². The minimum Gasteiger partial charge on any atom is -0.504 e. The average Bonchev–Trinajstić information content (AvgIpc) is 2.75. The molecule has 1 aliphatic heterocycles. The molecule has 160 valence electrons. The lowest BCUT2D eigenvalue weighted by atomic mass is 9.66. The predicted octanol–water partition coefficient (Wildman–Crippen LogP) is 3.71. The van der Waals surface area contributed by atoms with Gasteiger partial charge in [0, 0.05) is 24.2 Å². The summed E-state index contributed by atoms with van der Waals surface area (Å²) in [6.45, 7) is 0.887. The molecule has 1 heterocycles. The van der Waals surface area contributed by atoms with Gasteiger partial charge in [0.2, 0.25) is 5.91 Å². The van der Waals surface area contributed by atoms with Gasteiger partial charge in [0.05, 0.1) is 19.3 Å². The number of nitrogens with zero attached hydrogens (tertiary/aromatic N) is 1. The SMILES string of the molecule is COc1cc([C@H]2[C@@H]3CCCC[C@]3(O)CCN2CC(=O)Nc2ccccc2)ccc1O. The fraction of sp³-hybridized carbons (Fsp3) is 0.458. The number of carbonyl (C=O) groups excluding carboxylic acids is 1. The van der Waals surface area contributed by atoms with Crippen LogP contribution in [0.4, 0.5) is 5.69 Å². The summed E-state index contributed by atoms with van der Waals surface area (Å²) in [7, 11) is 1.53. The van der Waals surface area contributed by atoms with Crippen LogP contribution in [0, 0.1) is 5.92 Å². The Morgan fingerprint density at radius 1 is 1.20 bits per heavy atom. The Morgan fingerprint density at radius 3 is 2.77 bits per heavy atom. The van der Waals surface area contributed by atoms with Gasteiger partial charge < -0.3 is 20.3 Å². The molecule has 1 saturated carbocycles. The summed E-state index contributed by atoms with van der Waals surface area (Å²) in [6.07, 6.45) is 4.49. The molecule has 1 amide bonds. The second-order valence-electron chi connectivity index (χ2n) is 8.47. The first kappa shape index (κ1) is 20.7. The summed E-state index contributed by atoms with van der Waals surface area (Å²) in [5, 5.41) is 24.4. The number of aromatic hydroxyl groups is 1. The van der Waals surface area contributed by atoms with Gasteiger partial charge in [-0.15, -0.1) is 0 Å². The van der Waals surface area contributed by atoms with E-state index in [2.05, 4.69) is 10.2 Å². The fourth-order valence-electron chi connectivity index (χ4n) is 5.15. The molecule has 0 aromatic heterocycles. The van der Waals surface area contributed by atoms with Gasteiger partial charge in [-0.1, -0.05) is 37.1 Å². The Hall–Kier alpha value is -2.57. The number of hydrogen-bond acceptors (Lipinski definition) is 5. The van der Waals surface area contributed by atoms with E-state index in [1.807, 2.05) is 42.5 Å². The van der Waals surface area contributed by atoms with Crippen molar-refractivity contribution in [2.75, 3.05) is 25.5 Å². The minimum absolute atomic E-state index is 0.0405. The molecule has 3 atom stereocenters. The standard InChI is InChI=1S/C24H30N2O4/c1-30-21-15-17(10-11-20(21)27)23-19-9-5-6-12-24(19,29)13-14-26(23)16-22(28)25-18-7-3-2-4-8-18/h2-4,7-8,10-11,15,19,23,27,29H,5-6,9,12-14,16H2,1H3,(H,25,28)/t19-,23-,24-/m0/s1. The summed E-state index contributed by atoms with van der Waals surface area (Å²) in [6, 6.07) is 14.7. The molecule has 2 aromatic rings. The first-order valence-electron chi connectivity index (χ1n) is 10.7. The number of nitrogens with one attached hydrogen (secondary N) is 1. The van der Waals surface area contributed by atoms with Gasteiger partial charge in [0.1, 0.15) is 0 Å². The van der Waals surface area contributed by atoms with Crippen molar-refractivity contribution in [3.05, 3.63) is 54.1 Å². The number of ether oxygens (including phenoxy) is 1. The monoisotopic (exact) mass is 410 g/mol. The van der Waals surface area contributed by atoms with Crippen LogP contribution in [0.5, 0.6) is 11.5 Å². The molecule has 30 heavy (non-hydrogen) atoms. The van der Waals surface area contributed by atoms with Gasteiger partial charge in [-0.25, -0.2) is 0 Å². The van der Waals surface area contributed by atoms with E-state index >= 15 is 0 Å². The largest absolute Gasteiger partial charge is 0.504 e. The molecule has 6 nitrogen and oxygen atoms in total. The molecule has 1 aliphatic carbocycles. The third-order valence-electron chi connectivity index (χ3n) is 6.62. The van der Waals surface area contributed by atoms with Crippen LogP contribution < -0.4 is 10.1 Å². The van der Waals surface area contributed by atoms with Crippen LogP contribution in [0.1, 0.15) is 43.7 Å². The molecule has 2 aromatic carbocycles. The van der Waals surface area contributed by atoms with E-state index in [9.17, 15) is 15.0 Å². The lowest BCUT2D eigenvalue weighted by Crippen LogP contribution is -2.56. The molecule has 2 aliphatic rings. The van der Waals surface area contributed by atoms with E-state index < -0.39 is 5.60 Å². The molecule has 3 N–H and O–H groups in total. The maximum absolute atomic E-state index is 12.8. The van der Waals surface area contributed by atoms with Crippen molar-refractivity contribution in [1.82, 2.24) is 4.90 Å². The number of likely N-dealkylation sites (tertiary alicyclic amines) is 1. The Bertz CT molecular complexity index is 888. The van der Waals surface area contributed by atoms with Gasteiger partial charge in [0.25, 0.3) is 0 Å². The Labute approximate surface area is 177 Å². The second-order valence-corrected chi connectivity index (χ2v) is 8.47. The molecule has 6 heteroatoms. The van der Waals surface area contributed by atoms with Crippen LogP contribution in [0.25, 0.3) is 0 Å². The molecule has 0 bridgehead atoms. The number of carbonyl (C=O) groups is 1. The summed E-state index contributed by atoms with van der Waals surface area (Å²) in [4.78, 5) is 15.0. The molecule has 0 radical (unpaired) electrons. The molecular weight excluding hydrogens is 380 g/mol. The summed E-state index contributed by atoms with van der Waals surface area (Å²) >= 11 is 0. The Kier molecular flexibility index (Phi) is 5.97. The number of benzene rings is 2.